The van der Waals surface area contributed by atoms with Gasteiger partial charge in [0.15, 0.2) is 5.84 Å². The van der Waals surface area contributed by atoms with Crippen LogP contribution in [0.2, 0.25) is 0 Å². The van der Waals surface area contributed by atoms with E-state index in [1.165, 1.54) is 18.2 Å². The fraction of sp³-hybridized carbons (Fsp3) is 0.154. The number of rotatable bonds is 3. The van der Waals surface area contributed by atoms with E-state index in [9.17, 15) is 4.39 Å². The highest BCUT2D eigenvalue weighted by Gasteiger charge is 2.17. The van der Waals surface area contributed by atoms with Gasteiger partial charge in [0.2, 0.25) is 5.88 Å². The topological polar surface area (TPSA) is 93.6 Å². The van der Waals surface area contributed by atoms with Crippen LogP contribution in [0.3, 0.4) is 0 Å². The molecule has 0 saturated heterocycles. The fourth-order valence-corrected chi connectivity index (χ4v) is 2.02. The number of hydrogen-bond acceptors (Lipinski definition) is 5. The minimum atomic E-state index is -0.412. The van der Waals surface area contributed by atoms with Crippen LogP contribution in [0.4, 0.5) is 4.39 Å². The van der Waals surface area contributed by atoms with Crippen molar-refractivity contribution in [2.24, 2.45) is 10.9 Å². The van der Waals surface area contributed by atoms with E-state index < -0.39 is 5.82 Å². The van der Waals surface area contributed by atoms with Crippen LogP contribution in [-0.4, -0.2) is 21.2 Å². The van der Waals surface area contributed by atoms with E-state index in [0.29, 0.717) is 22.6 Å². The van der Waals surface area contributed by atoms with Crippen LogP contribution in [0.25, 0.3) is 0 Å². The van der Waals surface area contributed by atoms with E-state index in [1.807, 2.05) is 0 Å². The van der Waals surface area contributed by atoms with E-state index in [2.05, 4.69) is 31.3 Å². The van der Waals surface area contributed by atoms with Crippen LogP contribution < -0.4 is 10.5 Å². The molecule has 0 aliphatic carbocycles. The maximum Gasteiger partial charge on any atom is 0.250 e. The van der Waals surface area contributed by atoms with Gasteiger partial charge in [-0.25, -0.2) is 4.39 Å². The molecular formula is C13H12BrFN4O2. The zero-order valence-electron chi connectivity index (χ0n) is 11.3. The van der Waals surface area contributed by atoms with Crippen LogP contribution in [0.5, 0.6) is 11.6 Å². The first kappa shape index (κ1) is 15.2. The maximum absolute atomic E-state index is 13.2. The fourth-order valence-electron chi connectivity index (χ4n) is 1.66. The van der Waals surface area contributed by atoms with Gasteiger partial charge in [-0.05, 0) is 53.5 Å². The third-order valence-electron chi connectivity index (χ3n) is 2.89. The Balaban J connectivity index is 2.49. The number of ether oxygens (including phenoxy) is 1. The molecule has 6 nitrogen and oxygen atoms in total. The van der Waals surface area contributed by atoms with Gasteiger partial charge in [-0.2, -0.15) is 5.10 Å². The summed E-state index contributed by atoms with van der Waals surface area (Å²) in [5.74, 6) is -0.133. The number of benzene rings is 1. The highest BCUT2D eigenvalue weighted by molar-refractivity contribution is 9.10. The van der Waals surface area contributed by atoms with Crippen molar-refractivity contribution in [1.82, 2.24) is 10.2 Å². The molecule has 21 heavy (non-hydrogen) atoms. The molecule has 8 heteroatoms. The van der Waals surface area contributed by atoms with E-state index in [-0.39, 0.29) is 16.2 Å². The molecule has 1 aromatic heterocycles. The Hall–Kier alpha value is -2.22. The Morgan fingerprint density at radius 3 is 2.71 bits per heavy atom. The zero-order chi connectivity index (χ0) is 15.6. The second-order valence-electron chi connectivity index (χ2n) is 4.25. The largest absolute Gasteiger partial charge is 0.437 e. The first-order chi connectivity index (χ1) is 9.93. The van der Waals surface area contributed by atoms with Crippen molar-refractivity contribution < 1.29 is 14.3 Å². The molecule has 2 aromatic rings. The molecule has 0 saturated carbocycles. The molecule has 0 spiro atoms. The van der Waals surface area contributed by atoms with Gasteiger partial charge in [0, 0.05) is 0 Å². The van der Waals surface area contributed by atoms with E-state index in [1.54, 1.807) is 13.8 Å². The van der Waals surface area contributed by atoms with Crippen LogP contribution in [0, 0.1) is 19.7 Å². The van der Waals surface area contributed by atoms with Crippen molar-refractivity contribution in [3.05, 3.63) is 45.3 Å². The molecule has 2 rings (SSSR count). The average molecular weight is 355 g/mol. The second-order valence-corrected chi connectivity index (χ2v) is 5.11. The summed E-state index contributed by atoms with van der Waals surface area (Å²) in [7, 11) is 0. The smallest absolute Gasteiger partial charge is 0.250 e. The van der Waals surface area contributed by atoms with Gasteiger partial charge >= 0.3 is 0 Å². The van der Waals surface area contributed by atoms with Crippen molar-refractivity contribution in [3.63, 3.8) is 0 Å². The third kappa shape index (κ3) is 3.10. The Morgan fingerprint density at radius 1 is 1.38 bits per heavy atom. The monoisotopic (exact) mass is 354 g/mol. The summed E-state index contributed by atoms with van der Waals surface area (Å²) in [6, 6.07) is 4.13. The van der Waals surface area contributed by atoms with Gasteiger partial charge in [-0.15, -0.1) is 5.10 Å². The van der Waals surface area contributed by atoms with Crippen LogP contribution in [0.15, 0.2) is 27.8 Å². The maximum atomic E-state index is 13.2. The second kappa shape index (κ2) is 6.04. The molecule has 0 aliphatic rings. The normalized spacial score (nSPS) is 11.5. The Labute approximate surface area is 128 Å². The van der Waals surface area contributed by atoms with Crippen molar-refractivity contribution in [2.45, 2.75) is 13.8 Å². The summed E-state index contributed by atoms with van der Waals surface area (Å²) >= 11 is 3.07. The van der Waals surface area contributed by atoms with E-state index in [4.69, 9.17) is 15.7 Å². The summed E-state index contributed by atoms with van der Waals surface area (Å²) in [5.41, 5.74) is 7.30. The lowest BCUT2D eigenvalue weighted by Gasteiger charge is -2.12. The quantitative estimate of drug-likeness (QED) is 0.382. The van der Waals surface area contributed by atoms with Crippen molar-refractivity contribution >= 4 is 21.8 Å². The molecule has 0 unspecified atom stereocenters. The summed E-state index contributed by atoms with van der Waals surface area (Å²) in [6.07, 6.45) is 0. The number of aryl methyl sites for hydroxylation is 1. The Kier molecular flexibility index (Phi) is 4.37. The molecule has 3 N–H and O–H groups in total. The lowest BCUT2D eigenvalue weighted by atomic mass is 10.1. The number of hydrogen-bond donors (Lipinski definition) is 2. The molecule has 0 amide bonds. The van der Waals surface area contributed by atoms with Crippen LogP contribution >= 0.6 is 15.9 Å². The molecule has 1 aromatic carbocycles. The molecular weight excluding hydrogens is 343 g/mol. The van der Waals surface area contributed by atoms with Crippen LogP contribution in [-0.2, 0) is 0 Å². The molecule has 0 bridgehead atoms. The van der Waals surface area contributed by atoms with E-state index in [0.717, 1.165) is 0 Å². The van der Waals surface area contributed by atoms with Gasteiger partial charge in [-0.3, -0.25) is 0 Å². The number of oxime groups is 1. The summed E-state index contributed by atoms with van der Waals surface area (Å²) < 4.78 is 19.0. The van der Waals surface area contributed by atoms with Gasteiger partial charge < -0.3 is 15.7 Å². The lowest BCUT2D eigenvalue weighted by molar-refractivity contribution is 0.318. The molecule has 110 valence electrons. The third-order valence-corrected chi connectivity index (χ3v) is 3.50. The zero-order valence-corrected chi connectivity index (χ0v) is 12.8. The molecule has 0 radical (unpaired) electrons. The van der Waals surface area contributed by atoms with Gasteiger partial charge in [0.25, 0.3) is 0 Å². The predicted molar refractivity (Wildman–Crippen MR) is 78.2 cm³/mol. The highest BCUT2D eigenvalue weighted by Crippen LogP contribution is 2.28. The minimum absolute atomic E-state index is 0.0758. The first-order valence-corrected chi connectivity index (χ1v) is 6.68. The summed E-state index contributed by atoms with van der Waals surface area (Å²) in [5, 5.41) is 19.7. The lowest BCUT2D eigenvalue weighted by Crippen LogP contribution is -2.18. The van der Waals surface area contributed by atoms with Crippen molar-refractivity contribution in [1.29, 1.82) is 0 Å². The number of amidine groups is 1. The molecule has 0 atom stereocenters. The Morgan fingerprint density at radius 2 is 2.10 bits per heavy atom. The molecule has 0 fully saturated rings. The van der Waals surface area contributed by atoms with Crippen LogP contribution in [0.1, 0.15) is 16.8 Å². The van der Waals surface area contributed by atoms with Crippen molar-refractivity contribution in [2.75, 3.05) is 0 Å². The van der Waals surface area contributed by atoms with Gasteiger partial charge in [-0.1, -0.05) is 5.16 Å². The SMILES string of the molecule is Cc1nnc(Oc2ccc(F)c(Br)c2)c(/C(N)=N/O)c1C. The predicted octanol–water partition coefficient (Wildman–Crippen LogP) is 2.88. The number of nitrogens with two attached hydrogens (primary N) is 1. The van der Waals surface area contributed by atoms with Gasteiger partial charge in [0.1, 0.15) is 11.6 Å². The van der Waals surface area contributed by atoms with Gasteiger partial charge in [0.05, 0.1) is 15.7 Å². The number of nitrogens with zero attached hydrogens (tertiary/aromatic N) is 3. The molecule has 0 aliphatic heterocycles. The Bertz CT molecular complexity index is 722. The van der Waals surface area contributed by atoms with E-state index >= 15 is 0 Å². The highest BCUT2D eigenvalue weighted by atomic mass is 79.9. The summed E-state index contributed by atoms with van der Waals surface area (Å²) in [6.45, 7) is 3.50. The number of halogens is 2. The molecule has 1 heterocycles. The van der Waals surface area contributed by atoms with Crippen molar-refractivity contribution in [3.8, 4) is 11.6 Å². The average Bonchev–Trinajstić information content (AvgIpc) is 2.46. The number of aromatic nitrogens is 2. The standard InChI is InChI=1S/C13H12BrFN4O2/c1-6-7(2)17-18-13(11(6)12(16)19-20)21-8-3-4-10(15)9(14)5-8/h3-5,20H,1-2H3,(H2,16,19). The minimum Gasteiger partial charge on any atom is -0.437 e. The first-order valence-electron chi connectivity index (χ1n) is 5.88. The summed E-state index contributed by atoms with van der Waals surface area (Å²) in [4.78, 5) is 0.